The third-order valence-corrected chi connectivity index (χ3v) is 4.72. The van der Waals surface area contributed by atoms with E-state index in [1.807, 2.05) is 6.92 Å². The lowest BCUT2D eigenvalue weighted by atomic mass is 9.43. The largest absolute Gasteiger partial charge is 0.251 e. The molecule has 84 valence electrons. The molecule has 0 radical (unpaired) electrons. The van der Waals surface area contributed by atoms with Crippen LogP contribution in [0, 0.1) is 17.3 Å². The molecule has 3 aliphatic carbocycles. The highest BCUT2D eigenvalue weighted by atomic mass is 17.1. The second kappa shape index (κ2) is 3.11. The zero-order chi connectivity index (χ0) is 11.3. The van der Waals surface area contributed by atoms with Crippen LogP contribution in [0.5, 0.6) is 0 Å². The van der Waals surface area contributed by atoms with Gasteiger partial charge in [-0.2, -0.15) is 0 Å². The molecule has 3 fully saturated rings. The summed E-state index contributed by atoms with van der Waals surface area (Å²) in [6, 6.07) is -0.246. The molecule has 1 N–H and O–H groups in total. The lowest BCUT2D eigenvalue weighted by Crippen LogP contribution is -2.66. The van der Waals surface area contributed by atoms with Crippen LogP contribution in [0.3, 0.4) is 0 Å². The number of rotatable bonds is 2. The smallest absolute Gasteiger partial charge is 0.112 e. The van der Waals surface area contributed by atoms with E-state index in [9.17, 15) is 0 Å². The van der Waals surface area contributed by atoms with Gasteiger partial charge >= 0.3 is 0 Å². The molecule has 15 heavy (non-hydrogen) atoms. The Kier molecular flexibility index (Phi) is 2.23. The Bertz CT molecular complexity index is 325. The van der Waals surface area contributed by atoms with E-state index in [2.05, 4.69) is 28.8 Å². The fourth-order valence-corrected chi connectivity index (χ4v) is 3.47. The van der Waals surface area contributed by atoms with E-state index >= 15 is 0 Å². The van der Waals surface area contributed by atoms with Crippen LogP contribution in [0.25, 0.3) is 10.4 Å². The van der Waals surface area contributed by atoms with Crippen molar-refractivity contribution < 1.29 is 10.1 Å². The van der Waals surface area contributed by atoms with Crippen molar-refractivity contribution in [3.05, 3.63) is 10.4 Å². The molecule has 2 bridgehead atoms. The van der Waals surface area contributed by atoms with Crippen LogP contribution < -0.4 is 0 Å². The SMILES string of the molecule is CC1(C)[C@H]2C[C@H](N=[N+]=[N-])[C@@](C)(OO)[C@@H]1C2. The van der Waals surface area contributed by atoms with Crippen LogP contribution in [0.4, 0.5) is 0 Å². The summed E-state index contributed by atoms with van der Waals surface area (Å²) in [5, 5.41) is 12.8. The molecular weight excluding hydrogens is 194 g/mol. The monoisotopic (exact) mass is 211 g/mol. The van der Waals surface area contributed by atoms with Crippen molar-refractivity contribution >= 4 is 0 Å². The first-order valence-corrected chi connectivity index (χ1v) is 5.33. The Labute approximate surface area is 89.0 Å². The summed E-state index contributed by atoms with van der Waals surface area (Å²) in [7, 11) is 0. The third-order valence-electron chi connectivity index (χ3n) is 4.72. The quantitative estimate of drug-likeness (QED) is 0.250. The zero-order valence-corrected chi connectivity index (χ0v) is 9.34. The van der Waals surface area contributed by atoms with E-state index in [1.165, 1.54) is 0 Å². The first-order valence-electron chi connectivity index (χ1n) is 5.33. The van der Waals surface area contributed by atoms with Gasteiger partial charge in [0.2, 0.25) is 0 Å². The summed E-state index contributed by atoms with van der Waals surface area (Å²) >= 11 is 0. The molecule has 0 aromatic heterocycles. The van der Waals surface area contributed by atoms with Gasteiger partial charge in [-0.05, 0) is 42.5 Å². The molecule has 3 aliphatic rings. The number of fused-ring (bicyclic) bond motifs is 2. The first-order chi connectivity index (χ1) is 6.96. The summed E-state index contributed by atoms with van der Waals surface area (Å²) in [5.74, 6) is 0.852. The Morgan fingerprint density at radius 2 is 2.07 bits per heavy atom. The van der Waals surface area contributed by atoms with Crippen LogP contribution in [-0.2, 0) is 4.89 Å². The molecule has 4 atom stereocenters. The molecule has 0 amide bonds. The van der Waals surface area contributed by atoms with Crippen LogP contribution >= 0.6 is 0 Å². The minimum atomic E-state index is -0.718. The molecule has 3 saturated carbocycles. The number of nitrogens with zero attached hydrogens (tertiary/aromatic N) is 3. The van der Waals surface area contributed by atoms with Crippen molar-refractivity contribution in [3.63, 3.8) is 0 Å². The molecule has 5 nitrogen and oxygen atoms in total. The first kappa shape index (κ1) is 10.7. The van der Waals surface area contributed by atoms with Crippen molar-refractivity contribution in [2.24, 2.45) is 22.4 Å². The van der Waals surface area contributed by atoms with Crippen molar-refractivity contribution in [2.75, 3.05) is 0 Å². The molecule has 0 aromatic carbocycles. The maximum Gasteiger partial charge on any atom is 0.112 e. The molecule has 0 aliphatic heterocycles. The van der Waals surface area contributed by atoms with Gasteiger partial charge in [-0.3, -0.25) is 5.26 Å². The Balaban J connectivity index is 2.32. The number of hydrogen-bond acceptors (Lipinski definition) is 3. The molecule has 0 saturated heterocycles. The fourth-order valence-electron chi connectivity index (χ4n) is 3.47. The van der Waals surface area contributed by atoms with E-state index in [-0.39, 0.29) is 17.4 Å². The molecule has 0 aromatic rings. The van der Waals surface area contributed by atoms with E-state index in [1.54, 1.807) is 0 Å². The van der Waals surface area contributed by atoms with E-state index < -0.39 is 5.60 Å². The van der Waals surface area contributed by atoms with Gasteiger partial charge in [0.25, 0.3) is 0 Å². The molecule has 5 heteroatoms. The minimum Gasteiger partial charge on any atom is -0.251 e. The Morgan fingerprint density at radius 3 is 2.53 bits per heavy atom. The van der Waals surface area contributed by atoms with Gasteiger partial charge in [-0.1, -0.05) is 19.0 Å². The minimum absolute atomic E-state index is 0.180. The molecule has 0 unspecified atom stereocenters. The maximum absolute atomic E-state index is 9.09. The van der Waals surface area contributed by atoms with Gasteiger partial charge in [0.15, 0.2) is 0 Å². The van der Waals surface area contributed by atoms with Crippen LogP contribution in [-0.4, -0.2) is 16.9 Å². The van der Waals surface area contributed by atoms with E-state index in [4.69, 9.17) is 10.8 Å². The molecule has 3 rings (SSSR count). The zero-order valence-electron chi connectivity index (χ0n) is 9.34. The van der Waals surface area contributed by atoms with Gasteiger partial charge < -0.3 is 0 Å². The highest BCUT2D eigenvalue weighted by molar-refractivity contribution is 5.15. The Hall–Kier alpha value is -0.770. The van der Waals surface area contributed by atoms with Crippen LogP contribution in [0.2, 0.25) is 0 Å². The van der Waals surface area contributed by atoms with Crippen molar-refractivity contribution in [1.29, 1.82) is 0 Å². The highest BCUT2D eigenvalue weighted by Crippen LogP contribution is 2.64. The molecular formula is C10H17N3O2. The standard InChI is InChI=1S/C10H17N3O2/c1-9(2)6-4-7(9)10(3,15-14)8(5-6)12-13-11/h6-8,14H,4-5H2,1-3H3/t6-,7-,8+,10+/m1/s1. The number of azide groups is 1. The normalized spacial score (nSPS) is 46.5. The van der Waals surface area contributed by atoms with E-state index in [0.717, 1.165) is 12.8 Å². The summed E-state index contributed by atoms with van der Waals surface area (Å²) < 4.78 is 0. The predicted octanol–water partition coefficient (Wildman–Crippen LogP) is 2.98. The second-order valence-electron chi connectivity index (χ2n) is 5.54. The molecule has 0 heterocycles. The van der Waals surface area contributed by atoms with Crippen LogP contribution in [0.1, 0.15) is 33.6 Å². The highest BCUT2D eigenvalue weighted by Gasteiger charge is 2.64. The second-order valence-corrected chi connectivity index (χ2v) is 5.54. The van der Waals surface area contributed by atoms with Crippen LogP contribution in [0.15, 0.2) is 5.11 Å². The summed E-state index contributed by atoms with van der Waals surface area (Å²) in [5.41, 5.74) is 7.96. The average Bonchev–Trinajstić information content (AvgIpc) is 2.20. The summed E-state index contributed by atoms with van der Waals surface area (Å²) in [6.07, 6.45) is 1.87. The lowest BCUT2D eigenvalue weighted by molar-refractivity contribution is -0.376. The lowest BCUT2D eigenvalue weighted by Gasteiger charge is -2.64. The van der Waals surface area contributed by atoms with Crippen molar-refractivity contribution in [2.45, 2.75) is 45.3 Å². The van der Waals surface area contributed by atoms with Gasteiger partial charge in [0.05, 0.1) is 6.04 Å². The summed E-state index contributed by atoms with van der Waals surface area (Å²) in [6.45, 7) is 6.22. The van der Waals surface area contributed by atoms with Gasteiger partial charge in [-0.25, -0.2) is 4.89 Å². The molecule has 0 spiro atoms. The van der Waals surface area contributed by atoms with E-state index in [0.29, 0.717) is 5.92 Å². The summed E-state index contributed by atoms with van der Waals surface area (Å²) in [4.78, 5) is 7.50. The number of hydrogen-bond donors (Lipinski definition) is 1. The topological polar surface area (TPSA) is 78.2 Å². The fraction of sp³-hybridized carbons (Fsp3) is 1.00. The maximum atomic E-state index is 9.09. The van der Waals surface area contributed by atoms with Gasteiger partial charge in [0, 0.05) is 4.91 Å². The van der Waals surface area contributed by atoms with Gasteiger partial charge in [0.1, 0.15) is 5.60 Å². The van der Waals surface area contributed by atoms with Crippen molar-refractivity contribution in [1.82, 2.24) is 0 Å². The third kappa shape index (κ3) is 1.20. The average molecular weight is 211 g/mol. The predicted molar refractivity (Wildman–Crippen MR) is 55.0 cm³/mol. The Morgan fingerprint density at radius 1 is 1.40 bits per heavy atom. The van der Waals surface area contributed by atoms with Crippen molar-refractivity contribution in [3.8, 4) is 0 Å². The van der Waals surface area contributed by atoms with Gasteiger partial charge in [-0.15, -0.1) is 0 Å².